The number of para-hydroxylation sites is 1. The second-order valence-electron chi connectivity index (χ2n) is 5.72. The van der Waals surface area contributed by atoms with Crippen molar-refractivity contribution in [1.82, 2.24) is 0 Å². The molecule has 2 aromatic carbocycles. The zero-order chi connectivity index (χ0) is 19.8. The van der Waals surface area contributed by atoms with Gasteiger partial charge in [-0.15, -0.1) is 0 Å². The van der Waals surface area contributed by atoms with Crippen LogP contribution in [-0.4, -0.2) is 25.7 Å². The van der Waals surface area contributed by atoms with E-state index in [4.69, 9.17) is 14.7 Å². The van der Waals surface area contributed by atoms with Crippen LogP contribution < -0.4 is 9.47 Å². The van der Waals surface area contributed by atoms with Crippen molar-refractivity contribution in [3.8, 4) is 17.6 Å². The number of esters is 2. The molecule has 0 amide bonds. The van der Waals surface area contributed by atoms with E-state index in [1.165, 1.54) is 19.3 Å². The highest BCUT2D eigenvalue weighted by molar-refractivity contribution is 5.97. The van der Waals surface area contributed by atoms with Gasteiger partial charge in [-0.25, -0.2) is 9.59 Å². The lowest BCUT2D eigenvalue weighted by molar-refractivity contribution is -0.137. The second kappa shape index (κ2) is 9.20. The molecule has 0 atom stereocenters. The van der Waals surface area contributed by atoms with Crippen LogP contribution in [0.3, 0.4) is 0 Å². The summed E-state index contributed by atoms with van der Waals surface area (Å²) >= 11 is 0. The van der Waals surface area contributed by atoms with E-state index in [9.17, 15) is 9.59 Å². The van der Waals surface area contributed by atoms with Gasteiger partial charge in [0.25, 0.3) is 0 Å². The van der Waals surface area contributed by atoms with Crippen LogP contribution in [0.4, 0.5) is 0 Å². The molecule has 0 aliphatic heterocycles. The number of hydrogen-bond donors (Lipinski definition) is 0. The van der Waals surface area contributed by atoms with Crippen molar-refractivity contribution in [3.63, 3.8) is 0 Å². The number of aryl methyl sites for hydroxylation is 2. The van der Waals surface area contributed by atoms with E-state index in [0.29, 0.717) is 11.3 Å². The van der Waals surface area contributed by atoms with Gasteiger partial charge in [0.1, 0.15) is 23.1 Å². The van der Waals surface area contributed by atoms with Gasteiger partial charge in [0.05, 0.1) is 7.11 Å². The summed E-state index contributed by atoms with van der Waals surface area (Å²) in [7, 11) is 1.20. The van der Waals surface area contributed by atoms with Crippen LogP contribution >= 0.6 is 0 Å². The van der Waals surface area contributed by atoms with Crippen molar-refractivity contribution in [2.75, 3.05) is 13.7 Å². The largest absolute Gasteiger partial charge is 0.481 e. The molecule has 0 fully saturated rings. The molecule has 0 saturated carbocycles. The van der Waals surface area contributed by atoms with Gasteiger partial charge in [-0.1, -0.05) is 30.3 Å². The summed E-state index contributed by atoms with van der Waals surface area (Å²) in [5.41, 5.74) is 2.24. The Morgan fingerprint density at radius 1 is 1.11 bits per heavy atom. The van der Waals surface area contributed by atoms with Gasteiger partial charge >= 0.3 is 11.9 Å². The van der Waals surface area contributed by atoms with E-state index in [1.54, 1.807) is 24.3 Å². The maximum absolute atomic E-state index is 12.1. The lowest BCUT2D eigenvalue weighted by Crippen LogP contribution is -2.18. The second-order valence-corrected chi connectivity index (χ2v) is 5.72. The minimum atomic E-state index is -0.734. The number of rotatable bonds is 6. The summed E-state index contributed by atoms with van der Waals surface area (Å²) in [4.78, 5) is 23.5. The summed E-state index contributed by atoms with van der Waals surface area (Å²) in [5, 5.41) is 9.01. The number of benzene rings is 2. The molecular formula is C21H19NO5. The van der Waals surface area contributed by atoms with Crippen LogP contribution in [-0.2, 0) is 14.3 Å². The topological polar surface area (TPSA) is 85.6 Å². The lowest BCUT2D eigenvalue weighted by atomic mass is 10.1. The number of nitriles is 1. The summed E-state index contributed by atoms with van der Waals surface area (Å²) in [6, 6.07) is 13.9. The maximum atomic E-state index is 12.1. The third-order valence-corrected chi connectivity index (χ3v) is 3.67. The number of carbonyl (C=O) groups excluding carboxylic acids is 2. The van der Waals surface area contributed by atoms with Crippen molar-refractivity contribution >= 4 is 18.0 Å². The van der Waals surface area contributed by atoms with E-state index in [0.717, 1.165) is 11.1 Å². The fourth-order valence-electron chi connectivity index (χ4n) is 2.40. The summed E-state index contributed by atoms with van der Waals surface area (Å²) in [5.74, 6) is -0.363. The van der Waals surface area contributed by atoms with E-state index >= 15 is 0 Å². The first-order valence-corrected chi connectivity index (χ1v) is 8.14. The predicted octanol–water partition coefficient (Wildman–Crippen LogP) is 3.37. The number of carbonyl (C=O) groups is 2. The molecule has 0 spiro atoms. The third kappa shape index (κ3) is 5.44. The molecule has 0 saturated heterocycles. The molecule has 6 nitrogen and oxygen atoms in total. The first-order chi connectivity index (χ1) is 12.9. The predicted molar refractivity (Wildman–Crippen MR) is 99.1 cm³/mol. The van der Waals surface area contributed by atoms with Gasteiger partial charge in [0.15, 0.2) is 6.61 Å². The van der Waals surface area contributed by atoms with Gasteiger partial charge in [-0.2, -0.15) is 5.26 Å². The highest BCUT2D eigenvalue weighted by Gasteiger charge is 2.11. The van der Waals surface area contributed by atoms with Crippen molar-refractivity contribution in [2.45, 2.75) is 13.8 Å². The molecule has 2 aromatic rings. The highest BCUT2D eigenvalue weighted by Crippen LogP contribution is 2.22. The highest BCUT2D eigenvalue weighted by atomic mass is 16.6. The summed E-state index contributed by atoms with van der Waals surface area (Å²) in [6.45, 7) is 3.56. The fourth-order valence-corrected chi connectivity index (χ4v) is 2.40. The Balaban J connectivity index is 2.05. The van der Waals surface area contributed by atoms with Crippen molar-refractivity contribution < 1.29 is 23.8 Å². The quantitative estimate of drug-likeness (QED) is 0.338. The normalized spacial score (nSPS) is 10.7. The van der Waals surface area contributed by atoms with Crippen LogP contribution in [0.5, 0.6) is 11.5 Å². The molecule has 0 heterocycles. The number of nitrogens with zero attached hydrogens (tertiary/aromatic N) is 1. The Kier molecular flexibility index (Phi) is 6.73. The molecule has 0 radical (unpaired) electrons. The molecule has 0 aliphatic carbocycles. The van der Waals surface area contributed by atoms with E-state index < -0.39 is 11.9 Å². The van der Waals surface area contributed by atoms with Crippen molar-refractivity contribution in [3.05, 3.63) is 64.7 Å². The average molecular weight is 365 g/mol. The lowest BCUT2D eigenvalue weighted by Gasteiger charge is -2.11. The Hall–Kier alpha value is -3.59. The van der Waals surface area contributed by atoms with Crippen LogP contribution in [0, 0.1) is 25.2 Å². The van der Waals surface area contributed by atoms with Gasteiger partial charge in [0.2, 0.25) is 0 Å². The minimum absolute atomic E-state index is 0.153. The molecule has 6 heteroatoms. The molecular weight excluding hydrogens is 346 g/mol. The van der Waals surface area contributed by atoms with Crippen LogP contribution in [0.15, 0.2) is 48.0 Å². The molecule has 0 N–H and O–H groups in total. The number of hydrogen-bond acceptors (Lipinski definition) is 6. The third-order valence-electron chi connectivity index (χ3n) is 3.67. The first kappa shape index (κ1) is 19.7. The Morgan fingerprint density at radius 3 is 2.41 bits per heavy atom. The fraction of sp³-hybridized carbons (Fsp3) is 0.190. The summed E-state index contributed by atoms with van der Waals surface area (Å²) in [6.07, 6.45) is 1.36. The monoisotopic (exact) mass is 365 g/mol. The zero-order valence-corrected chi connectivity index (χ0v) is 15.3. The standard InChI is InChI=1S/C21H19NO5/c1-14-6-4-7-15(2)20(14)26-13-19(23)27-18-9-5-8-16(11-18)10-17(12-22)21(24)25-3/h4-11H,13H2,1-3H3/b17-10+. The van der Waals surface area contributed by atoms with Crippen LogP contribution in [0.2, 0.25) is 0 Å². The van der Waals surface area contributed by atoms with Crippen molar-refractivity contribution in [1.29, 1.82) is 5.26 Å². The average Bonchev–Trinajstić information content (AvgIpc) is 2.65. The Labute approximate surface area is 157 Å². The molecule has 27 heavy (non-hydrogen) atoms. The zero-order valence-electron chi connectivity index (χ0n) is 15.3. The maximum Gasteiger partial charge on any atom is 0.349 e. The van der Waals surface area contributed by atoms with Gasteiger partial charge in [-0.3, -0.25) is 0 Å². The Morgan fingerprint density at radius 2 is 1.78 bits per heavy atom. The van der Waals surface area contributed by atoms with Gasteiger partial charge in [0, 0.05) is 0 Å². The van der Waals surface area contributed by atoms with Crippen LogP contribution in [0.25, 0.3) is 6.08 Å². The minimum Gasteiger partial charge on any atom is -0.481 e. The number of methoxy groups -OCH3 is 1. The first-order valence-electron chi connectivity index (χ1n) is 8.14. The molecule has 0 aliphatic rings. The molecule has 0 unspecified atom stereocenters. The Bertz CT molecular complexity index is 904. The van der Waals surface area contributed by atoms with Crippen molar-refractivity contribution in [2.24, 2.45) is 0 Å². The van der Waals surface area contributed by atoms with E-state index in [-0.39, 0.29) is 17.9 Å². The number of ether oxygens (including phenoxy) is 3. The molecule has 2 rings (SSSR count). The SMILES string of the molecule is COC(=O)/C(C#N)=C/c1cccc(OC(=O)COc2c(C)cccc2C)c1. The van der Waals surface area contributed by atoms with E-state index in [1.807, 2.05) is 32.0 Å². The molecule has 0 aromatic heterocycles. The molecule has 138 valence electrons. The summed E-state index contributed by atoms with van der Waals surface area (Å²) < 4.78 is 15.4. The smallest absolute Gasteiger partial charge is 0.349 e. The van der Waals surface area contributed by atoms with Gasteiger partial charge < -0.3 is 14.2 Å². The van der Waals surface area contributed by atoms with Gasteiger partial charge in [-0.05, 0) is 48.7 Å². The van der Waals surface area contributed by atoms with Crippen LogP contribution in [0.1, 0.15) is 16.7 Å². The van der Waals surface area contributed by atoms with E-state index in [2.05, 4.69) is 4.74 Å². The molecule has 0 bridgehead atoms.